The number of nitrogens with zero attached hydrogens (tertiary/aromatic N) is 1. The summed E-state index contributed by atoms with van der Waals surface area (Å²) in [4.78, 5) is 2.41. The van der Waals surface area contributed by atoms with Gasteiger partial charge < -0.3 is 10.2 Å². The van der Waals surface area contributed by atoms with E-state index in [9.17, 15) is 0 Å². The number of halogens is 1. The molecule has 1 fully saturated rings. The van der Waals surface area contributed by atoms with Gasteiger partial charge in [0.2, 0.25) is 0 Å². The largest absolute Gasteiger partial charge is 0.317 e. The van der Waals surface area contributed by atoms with Gasteiger partial charge in [0, 0.05) is 11.6 Å². The van der Waals surface area contributed by atoms with Crippen LogP contribution in [0.2, 0.25) is 5.02 Å². The molecule has 3 heteroatoms. The van der Waals surface area contributed by atoms with E-state index in [1.54, 1.807) is 0 Å². The maximum absolute atomic E-state index is 5.90. The first-order valence-electron chi connectivity index (χ1n) is 7.38. The summed E-state index contributed by atoms with van der Waals surface area (Å²) < 4.78 is 0. The minimum atomic E-state index is 0.817. The lowest BCUT2D eigenvalue weighted by atomic mass is 9.93. The van der Waals surface area contributed by atoms with Crippen LogP contribution in [0.1, 0.15) is 31.2 Å². The van der Waals surface area contributed by atoms with Crippen molar-refractivity contribution in [3.05, 3.63) is 34.9 Å². The highest BCUT2D eigenvalue weighted by molar-refractivity contribution is 6.30. The van der Waals surface area contributed by atoms with E-state index < -0.39 is 0 Å². The number of hydrogen-bond donors (Lipinski definition) is 1. The summed E-state index contributed by atoms with van der Waals surface area (Å²) in [6.45, 7) is 4.63. The summed E-state index contributed by atoms with van der Waals surface area (Å²) in [6.07, 6.45) is 5.42. The van der Waals surface area contributed by atoms with Crippen LogP contribution in [0.5, 0.6) is 0 Å². The fourth-order valence-corrected chi connectivity index (χ4v) is 2.93. The molecule has 19 heavy (non-hydrogen) atoms. The van der Waals surface area contributed by atoms with Crippen molar-refractivity contribution < 1.29 is 0 Å². The molecule has 2 nitrogen and oxygen atoms in total. The smallest absolute Gasteiger partial charge is 0.0406 e. The van der Waals surface area contributed by atoms with Crippen LogP contribution < -0.4 is 5.32 Å². The van der Waals surface area contributed by atoms with Gasteiger partial charge in [-0.25, -0.2) is 0 Å². The average molecular weight is 281 g/mol. The van der Waals surface area contributed by atoms with Crippen LogP contribution in [0.25, 0.3) is 0 Å². The molecular formula is C16H25ClN2. The summed E-state index contributed by atoms with van der Waals surface area (Å²) >= 11 is 5.90. The summed E-state index contributed by atoms with van der Waals surface area (Å²) in [5.41, 5.74) is 1.34. The van der Waals surface area contributed by atoms with E-state index in [-0.39, 0.29) is 0 Å². The zero-order valence-electron chi connectivity index (χ0n) is 11.9. The van der Waals surface area contributed by atoms with Gasteiger partial charge in [-0.1, -0.05) is 23.7 Å². The Morgan fingerprint density at radius 3 is 2.58 bits per heavy atom. The fraction of sp³-hybridized carbons (Fsp3) is 0.625. The molecule has 1 aliphatic rings. The van der Waals surface area contributed by atoms with Crippen LogP contribution in [0.15, 0.2) is 24.3 Å². The van der Waals surface area contributed by atoms with Gasteiger partial charge in [-0.15, -0.1) is 0 Å². The van der Waals surface area contributed by atoms with Gasteiger partial charge in [0.25, 0.3) is 0 Å². The Hall–Kier alpha value is -0.570. The summed E-state index contributed by atoms with van der Waals surface area (Å²) in [5.74, 6) is 0.949. The molecule has 1 heterocycles. The van der Waals surface area contributed by atoms with Crippen LogP contribution in [-0.4, -0.2) is 31.6 Å². The molecular weight excluding hydrogens is 256 g/mol. The quantitative estimate of drug-likeness (QED) is 0.857. The zero-order chi connectivity index (χ0) is 13.5. The Balaban J connectivity index is 1.63. The summed E-state index contributed by atoms with van der Waals surface area (Å²) in [7, 11) is 2.21. The molecule has 0 aromatic heterocycles. The predicted molar refractivity (Wildman–Crippen MR) is 82.6 cm³/mol. The van der Waals surface area contributed by atoms with Crippen molar-refractivity contribution >= 4 is 11.6 Å². The van der Waals surface area contributed by atoms with E-state index in [0.29, 0.717) is 0 Å². The van der Waals surface area contributed by atoms with Gasteiger partial charge in [0.1, 0.15) is 0 Å². The predicted octanol–water partition coefficient (Wildman–Crippen LogP) is 3.55. The highest BCUT2D eigenvalue weighted by atomic mass is 35.5. The molecule has 106 valence electrons. The number of benzene rings is 1. The van der Waals surface area contributed by atoms with Crippen LogP contribution in [0, 0.1) is 5.92 Å². The third-order valence-electron chi connectivity index (χ3n) is 3.98. The topological polar surface area (TPSA) is 15.3 Å². The van der Waals surface area contributed by atoms with Crippen LogP contribution >= 0.6 is 11.6 Å². The van der Waals surface area contributed by atoms with E-state index in [4.69, 9.17) is 11.6 Å². The van der Waals surface area contributed by atoms with Crippen LogP contribution in [0.4, 0.5) is 0 Å². The van der Waals surface area contributed by atoms with Crippen molar-refractivity contribution in [1.82, 2.24) is 10.2 Å². The lowest BCUT2D eigenvalue weighted by Gasteiger charge is -2.23. The van der Waals surface area contributed by atoms with Gasteiger partial charge in [-0.2, -0.15) is 0 Å². The summed E-state index contributed by atoms with van der Waals surface area (Å²) in [6, 6.07) is 8.18. The molecule has 0 spiro atoms. The zero-order valence-corrected chi connectivity index (χ0v) is 12.6. The Kier molecular flexibility index (Phi) is 6.15. The third-order valence-corrected chi connectivity index (χ3v) is 4.23. The average Bonchev–Trinajstić information content (AvgIpc) is 2.43. The standard InChI is InChI=1S/C16H25ClN2/c1-19(13-15-4-6-16(17)7-5-15)12-2-3-14-8-10-18-11-9-14/h4-7,14,18H,2-3,8-13H2,1H3. The van der Waals surface area contributed by atoms with Crippen molar-refractivity contribution in [3.8, 4) is 0 Å². The van der Waals surface area contributed by atoms with E-state index in [1.165, 1.54) is 50.9 Å². The van der Waals surface area contributed by atoms with Crippen molar-refractivity contribution in [3.63, 3.8) is 0 Å². The second kappa shape index (κ2) is 7.88. The Bertz CT molecular complexity index is 358. The first-order valence-corrected chi connectivity index (χ1v) is 7.75. The molecule has 0 bridgehead atoms. The molecule has 0 aliphatic carbocycles. The second-order valence-corrected chi connectivity index (χ2v) is 6.14. The molecule has 1 aromatic carbocycles. The lowest BCUT2D eigenvalue weighted by molar-refractivity contribution is 0.286. The molecule has 0 radical (unpaired) electrons. The maximum atomic E-state index is 5.90. The Morgan fingerprint density at radius 2 is 1.89 bits per heavy atom. The van der Waals surface area contributed by atoms with Gasteiger partial charge in [-0.05, 0) is 76.0 Å². The normalized spacial score (nSPS) is 17.0. The summed E-state index contributed by atoms with van der Waals surface area (Å²) in [5, 5.41) is 4.25. The van der Waals surface area contributed by atoms with Gasteiger partial charge in [0.05, 0.1) is 0 Å². The second-order valence-electron chi connectivity index (χ2n) is 5.70. The lowest BCUT2D eigenvalue weighted by Crippen LogP contribution is -2.28. The number of piperidine rings is 1. The molecule has 0 saturated carbocycles. The molecule has 0 unspecified atom stereocenters. The maximum Gasteiger partial charge on any atom is 0.0406 e. The molecule has 2 rings (SSSR count). The van der Waals surface area contributed by atoms with Crippen molar-refractivity contribution in [1.29, 1.82) is 0 Å². The number of nitrogens with one attached hydrogen (secondary N) is 1. The molecule has 0 atom stereocenters. The van der Waals surface area contributed by atoms with Crippen LogP contribution in [-0.2, 0) is 6.54 Å². The minimum absolute atomic E-state index is 0.817. The molecule has 1 aromatic rings. The van der Waals surface area contributed by atoms with Crippen molar-refractivity contribution in [2.75, 3.05) is 26.7 Å². The van der Waals surface area contributed by atoms with Gasteiger partial charge in [-0.3, -0.25) is 0 Å². The third kappa shape index (κ3) is 5.52. The van der Waals surface area contributed by atoms with Crippen molar-refractivity contribution in [2.24, 2.45) is 5.92 Å². The van der Waals surface area contributed by atoms with E-state index in [2.05, 4.69) is 29.4 Å². The monoisotopic (exact) mass is 280 g/mol. The Morgan fingerprint density at radius 1 is 1.21 bits per heavy atom. The van der Waals surface area contributed by atoms with Crippen LogP contribution in [0.3, 0.4) is 0 Å². The van der Waals surface area contributed by atoms with E-state index >= 15 is 0 Å². The SMILES string of the molecule is CN(CCCC1CCNCC1)Cc1ccc(Cl)cc1. The molecule has 1 N–H and O–H groups in total. The molecule has 1 aliphatic heterocycles. The van der Waals surface area contributed by atoms with Gasteiger partial charge in [0.15, 0.2) is 0 Å². The minimum Gasteiger partial charge on any atom is -0.317 e. The highest BCUT2D eigenvalue weighted by Gasteiger charge is 2.12. The number of hydrogen-bond acceptors (Lipinski definition) is 2. The highest BCUT2D eigenvalue weighted by Crippen LogP contribution is 2.18. The first kappa shape index (κ1) is 14.8. The molecule has 0 amide bonds. The van der Waals surface area contributed by atoms with E-state index in [1.807, 2.05) is 12.1 Å². The van der Waals surface area contributed by atoms with E-state index in [0.717, 1.165) is 17.5 Å². The first-order chi connectivity index (χ1) is 9.24. The van der Waals surface area contributed by atoms with Gasteiger partial charge >= 0.3 is 0 Å². The molecule has 1 saturated heterocycles. The Labute approximate surface area is 122 Å². The van der Waals surface area contributed by atoms with Crippen molar-refractivity contribution in [2.45, 2.75) is 32.2 Å². The fourth-order valence-electron chi connectivity index (χ4n) is 2.80. The number of rotatable bonds is 6.